The molecule has 1 amide bonds. The van der Waals surface area contributed by atoms with Gasteiger partial charge in [-0.2, -0.15) is 5.26 Å². The van der Waals surface area contributed by atoms with Crippen LogP contribution < -0.4 is 10.1 Å². The van der Waals surface area contributed by atoms with Crippen LogP contribution in [-0.2, 0) is 4.79 Å². The van der Waals surface area contributed by atoms with E-state index in [1.54, 1.807) is 24.3 Å². The Hall–Kier alpha value is -3.64. The molecule has 0 saturated carbocycles. The number of pyridine rings is 1. The lowest BCUT2D eigenvalue weighted by Gasteiger charge is -2.08. The number of non-ortho nitro benzene ring substituents is 1. The highest BCUT2D eigenvalue weighted by Crippen LogP contribution is 2.27. The number of ether oxygens (including phenoxy) is 1. The van der Waals surface area contributed by atoms with Crippen LogP contribution in [0.25, 0.3) is 10.9 Å². The van der Waals surface area contributed by atoms with Gasteiger partial charge < -0.3 is 10.1 Å². The Bertz CT molecular complexity index is 1130. The number of benzene rings is 2. The quantitative estimate of drug-likeness (QED) is 0.354. The van der Waals surface area contributed by atoms with Crippen LogP contribution in [-0.4, -0.2) is 28.2 Å². The summed E-state index contributed by atoms with van der Waals surface area (Å²) in [4.78, 5) is 27.0. The molecule has 0 aliphatic carbocycles. The number of nitrogens with zero attached hydrogens (tertiary/aromatic N) is 3. The Morgan fingerprint density at radius 1 is 1.31 bits per heavy atom. The molecule has 0 unspecified atom stereocenters. The second kappa shape index (κ2) is 9.03. The van der Waals surface area contributed by atoms with Crippen LogP contribution in [0.2, 0.25) is 0 Å². The van der Waals surface area contributed by atoms with Crippen molar-refractivity contribution in [2.45, 2.75) is 11.9 Å². The summed E-state index contributed by atoms with van der Waals surface area (Å²) in [6, 6.07) is 14.9. The molecule has 29 heavy (non-hydrogen) atoms. The molecular weight excluding hydrogens is 392 g/mol. The average Bonchev–Trinajstić information content (AvgIpc) is 2.72. The van der Waals surface area contributed by atoms with E-state index in [1.807, 2.05) is 13.0 Å². The predicted octanol–water partition coefficient (Wildman–Crippen LogP) is 4.14. The minimum atomic E-state index is -0.528. The Balaban J connectivity index is 1.73. The smallest absolute Gasteiger partial charge is 0.271 e. The van der Waals surface area contributed by atoms with Crippen LogP contribution in [0, 0.1) is 21.4 Å². The summed E-state index contributed by atoms with van der Waals surface area (Å²) >= 11 is 1.13. The van der Waals surface area contributed by atoms with Crippen LogP contribution in [0.1, 0.15) is 12.5 Å². The summed E-state index contributed by atoms with van der Waals surface area (Å²) in [6.45, 7) is 2.43. The van der Waals surface area contributed by atoms with Crippen molar-refractivity contribution in [2.75, 3.05) is 17.7 Å². The van der Waals surface area contributed by atoms with Crippen LogP contribution in [0.4, 0.5) is 11.4 Å². The zero-order valence-electron chi connectivity index (χ0n) is 15.4. The third kappa shape index (κ3) is 5.00. The first-order valence-corrected chi connectivity index (χ1v) is 9.63. The number of thioether (sulfide) groups is 1. The third-order valence-corrected chi connectivity index (χ3v) is 4.85. The molecule has 2 aromatic carbocycles. The number of hydrogen-bond acceptors (Lipinski definition) is 7. The van der Waals surface area contributed by atoms with Gasteiger partial charge in [-0.15, -0.1) is 0 Å². The molecule has 0 aliphatic rings. The van der Waals surface area contributed by atoms with E-state index in [-0.39, 0.29) is 17.3 Å². The maximum Gasteiger partial charge on any atom is 0.271 e. The highest BCUT2D eigenvalue weighted by atomic mass is 32.2. The average molecular weight is 408 g/mol. The van der Waals surface area contributed by atoms with Crippen LogP contribution >= 0.6 is 11.8 Å². The number of aromatic nitrogens is 1. The number of nitriles is 1. The van der Waals surface area contributed by atoms with Gasteiger partial charge in [0.25, 0.3) is 5.69 Å². The van der Waals surface area contributed by atoms with E-state index >= 15 is 0 Å². The summed E-state index contributed by atoms with van der Waals surface area (Å²) in [5.41, 5.74) is 1.28. The van der Waals surface area contributed by atoms with Crippen molar-refractivity contribution < 1.29 is 14.5 Å². The van der Waals surface area contributed by atoms with Crippen molar-refractivity contribution in [3.63, 3.8) is 0 Å². The van der Waals surface area contributed by atoms with Crippen molar-refractivity contribution in [1.29, 1.82) is 5.26 Å². The first-order chi connectivity index (χ1) is 14.0. The van der Waals surface area contributed by atoms with Crippen molar-refractivity contribution in [2.24, 2.45) is 0 Å². The lowest BCUT2D eigenvalue weighted by molar-refractivity contribution is -0.384. The summed E-state index contributed by atoms with van der Waals surface area (Å²) in [7, 11) is 0. The molecule has 1 aromatic heterocycles. The van der Waals surface area contributed by atoms with E-state index in [0.717, 1.165) is 17.1 Å². The predicted molar refractivity (Wildman–Crippen MR) is 110 cm³/mol. The molecule has 1 heterocycles. The van der Waals surface area contributed by atoms with Gasteiger partial charge in [0.2, 0.25) is 5.91 Å². The summed E-state index contributed by atoms with van der Waals surface area (Å²) < 4.78 is 5.47. The van der Waals surface area contributed by atoms with E-state index in [9.17, 15) is 20.2 Å². The number of carbonyl (C=O) groups excluding carboxylic acids is 1. The van der Waals surface area contributed by atoms with Crippen molar-refractivity contribution in [3.8, 4) is 11.8 Å². The van der Waals surface area contributed by atoms with Gasteiger partial charge in [0.15, 0.2) is 0 Å². The monoisotopic (exact) mass is 408 g/mol. The van der Waals surface area contributed by atoms with Gasteiger partial charge >= 0.3 is 0 Å². The van der Waals surface area contributed by atoms with E-state index in [1.165, 1.54) is 18.2 Å². The van der Waals surface area contributed by atoms with Gasteiger partial charge in [0, 0.05) is 23.2 Å². The number of nitrogens with one attached hydrogen (secondary N) is 1. The molecule has 0 saturated heterocycles. The molecule has 3 rings (SSSR count). The number of nitro groups is 1. The first kappa shape index (κ1) is 20.1. The van der Waals surface area contributed by atoms with Gasteiger partial charge in [-0.1, -0.05) is 17.8 Å². The molecule has 146 valence electrons. The zero-order chi connectivity index (χ0) is 20.8. The number of fused-ring (bicyclic) bond motifs is 1. The highest BCUT2D eigenvalue weighted by molar-refractivity contribution is 8.00. The molecule has 3 aromatic rings. The molecule has 0 fully saturated rings. The van der Waals surface area contributed by atoms with Gasteiger partial charge in [-0.3, -0.25) is 14.9 Å². The molecule has 0 spiro atoms. The molecule has 0 radical (unpaired) electrons. The van der Waals surface area contributed by atoms with Crippen LogP contribution in [0.3, 0.4) is 0 Å². The molecule has 8 nitrogen and oxygen atoms in total. The summed E-state index contributed by atoms with van der Waals surface area (Å²) in [5.74, 6) is 0.350. The molecule has 9 heteroatoms. The zero-order valence-corrected chi connectivity index (χ0v) is 16.2. The van der Waals surface area contributed by atoms with Crippen molar-refractivity contribution in [1.82, 2.24) is 4.98 Å². The Labute approximate surface area is 170 Å². The van der Waals surface area contributed by atoms with Crippen LogP contribution in [0.5, 0.6) is 5.75 Å². The van der Waals surface area contributed by atoms with Gasteiger partial charge in [-0.05, 0) is 37.3 Å². The van der Waals surface area contributed by atoms with E-state index < -0.39 is 4.92 Å². The highest BCUT2D eigenvalue weighted by Gasteiger charge is 2.12. The fraction of sp³-hybridized carbons (Fsp3) is 0.150. The van der Waals surface area contributed by atoms with Gasteiger partial charge in [0.05, 0.1) is 28.4 Å². The fourth-order valence-electron chi connectivity index (χ4n) is 2.61. The minimum absolute atomic E-state index is 0.00685. The maximum absolute atomic E-state index is 12.2. The van der Waals surface area contributed by atoms with E-state index in [4.69, 9.17) is 4.74 Å². The van der Waals surface area contributed by atoms with Crippen molar-refractivity contribution >= 4 is 39.9 Å². The summed E-state index contributed by atoms with van der Waals surface area (Å²) in [5, 5.41) is 24.1. The number of anilines is 1. The SMILES string of the molecule is CCOc1ccc2nc(SCC(=O)Nc3cccc([N+](=O)[O-])c3)c(C#N)cc2c1. The Morgan fingerprint density at radius 3 is 2.86 bits per heavy atom. The number of amides is 1. The minimum Gasteiger partial charge on any atom is -0.494 e. The standard InChI is InChI=1S/C20H16N4O4S/c1-2-28-17-6-7-18-13(9-17)8-14(11-21)20(23-18)29-12-19(25)22-15-4-3-5-16(10-15)24(26)27/h3-10H,2,12H2,1H3,(H,22,25). The number of carbonyl (C=O) groups is 1. The second-order valence-electron chi connectivity index (χ2n) is 5.88. The maximum atomic E-state index is 12.2. The normalized spacial score (nSPS) is 10.3. The molecular formula is C20H16N4O4S. The molecule has 0 bridgehead atoms. The van der Waals surface area contributed by atoms with Gasteiger partial charge in [0.1, 0.15) is 16.8 Å². The van der Waals surface area contributed by atoms with E-state index in [2.05, 4.69) is 16.4 Å². The Kier molecular flexibility index (Phi) is 6.26. The lowest BCUT2D eigenvalue weighted by Crippen LogP contribution is -2.14. The topological polar surface area (TPSA) is 118 Å². The fourth-order valence-corrected chi connectivity index (χ4v) is 3.37. The molecule has 1 N–H and O–H groups in total. The summed E-state index contributed by atoms with van der Waals surface area (Å²) in [6.07, 6.45) is 0. The second-order valence-corrected chi connectivity index (χ2v) is 6.85. The number of hydrogen-bond donors (Lipinski definition) is 1. The molecule has 0 aliphatic heterocycles. The van der Waals surface area contributed by atoms with Crippen molar-refractivity contribution in [3.05, 3.63) is 64.2 Å². The molecule has 0 atom stereocenters. The van der Waals surface area contributed by atoms with Gasteiger partial charge in [-0.25, -0.2) is 4.98 Å². The largest absolute Gasteiger partial charge is 0.494 e. The van der Waals surface area contributed by atoms with Crippen LogP contribution in [0.15, 0.2) is 53.6 Å². The first-order valence-electron chi connectivity index (χ1n) is 8.65. The Morgan fingerprint density at radius 2 is 2.14 bits per heavy atom. The third-order valence-electron chi connectivity index (χ3n) is 3.86. The number of rotatable bonds is 7. The number of nitro benzene ring substituents is 1. The lowest BCUT2D eigenvalue weighted by atomic mass is 10.1. The van der Waals surface area contributed by atoms with E-state index in [0.29, 0.717) is 34.1 Å².